The number of pyridine rings is 1. The third-order valence-corrected chi connectivity index (χ3v) is 2.99. The lowest BCUT2D eigenvalue weighted by molar-refractivity contribution is 0.306. The van der Waals surface area contributed by atoms with Gasteiger partial charge in [-0.2, -0.15) is 0 Å². The van der Waals surface area contributed by atoms with Crippen molar-refractivity contribution in [2.75, 3.05) is 0 Å². The van der Waals surface area contributed by atoms with Gasteiger partial charge < -0.3 is 4.74 Å². The molecule has 3 heterocycles. The first-order valence-corrected chi connectivity index (χ1v) is 6.00. The summed E-state index contributed by atoms with van der Waals surface area (Å²) in [5, 5.41) is 7.83. The van der Waals surface area contributed by atoms with Crippen LogP contribution in [0.5, 0.6) is 5.75 Å². The van der Waals surface area contributed by atoms with Gasteiger partial charge in [0.25, 0.3) is 0 Å². The minimum Gasteiger partial charge on any atom is -0.483 e. The largest absolute Gasteiger partial charge is 0.483 e. The van der Waals surface area contributed by atoms with Gasteiger partial charge in [0.05, 0.1) is 6.20 Å². The molecule has 3 aromatic heterocycles. The summed E-state index contributed by atoms with van der Waals surface area (Å²) in [6.07, 6.45) is 6.65. The number of hydrogen-bond donors (Lipinski definition) is 0. The summed E-state index contributed by atoms with van der Waals surface area (Å²) < 4.78 is 8.03. The van der Waals surface area contributed by atoms with Crippen molar-refractivity contribution in [3.63, 3.8) is 0 Å². The van der Waals surface area contributed by atoms with Crippen molar-refractivity contribution in [1.29, 1.82) is 0 Å². The van der Waals surface area contributed by atoms with Gasteiger partial charge in [-0.25, -0.2) is 4.98 Å². The Morgan fingerprint density at radius 2 is 2.11 bits per heavy atom. The highest BCUT2D eigenvalue weighted by atomic mass is 79.9. The maximum atomic E-state index is 5.68. The van der Waals surface area contributed by atoms with Crippen molar-refractivity contribution in [1.82, 2.24) is 24.6 Å². The molecule has 0 N–H and O–H groups in total. The highest BCUT2D eigenvalue weighted by Gasteiger charge is 2.08. The van der Waals surface area contributed by atoms with Crippen LogP contribution < -0.4 is 4.74 Å². The van der Waals surface area contributed by atoms with Crippen LogP contribution in [-0.4, -0.2) is 24.6 Å². The van der Waals surface area contributed by atoms with Crippen molar-refractivity contribution in [3.8, 4) is 5.75 Å². The van der Waals surface area contributed by atoms with Crippen LogP contribution >= 0.6 is 15.9 Å². The van der Waals surface area contributed by atoms with Gasteiger partial charge in [-0.1, -0.05) is 0 Å². The smallest absolute Gasteiger partial charge is 0.206 e. The van der Waals surface area contributed by atoms with Crippen molar-refractivity contribution < 1.29 is 4.74 Å². The molecule has 0 fully saturated rings. The molecule has 0 radical (unpaired) electrons. The SMILES string of the molecule is Brc1ncc(OCc2ccncc2)c2nncn12. The molecule has 6 nitrogen and oxygen atoms in total. The van der Waals surface area contributed by atoms with E-state index in [2.05, 4.69) is 36.1 Å². The second-order valence-electron chi connectivity index (χ2n) is 3.56. The van der Waals surface area contributed by atoms with Crippen LogP contribution in [0.3, 0.4) is 0 Å². The van der Waals surface area contributed by atoms with Gasteiger partial charge >= 0.3 is 0 Å². The molecule has 90 valence electrons. The van der Waals surface area contributed by atoms with Gasteiger partial charge in [-0.05, 0) is 33.6 Å². The molecule has 0 bridgehead atoms. The van der Waals surface area contributed by atoms with E-state index in [4.69, 9.17) is 4.74 Å². The van der Waals surface area contributed by atoms with Crippen molar-refractivity contribution in [2.45, 2.75) is 6.61 Å². The molecule has 0 aliphatic heterocycles. The van der Waals surface area contributed by atoms with Crippen molar-refractivity contribution in [2.24, 2.45) is 0 Å². The Bertz CT molecular complexity index is 670. The summed E-state index contributed by atoms with van der Waals surface area (Å²) in [5.41, 5.74) is 1.66. The van der Waals surface area contributed by atoms with E-state index in [0.717, 1.165) is 5.56 Å². The average molecular weight is 306 g/mol. The minimum atomic E-state index is 0.439. The maximum absolute atomic E-state index is 5.68. The van der Waals surface area contributed by atoms with Gasteiger partial charge in [-0.15, -0.1) is 10.2 Å². The molecular formula is C11H8BrN5O. The van der Waals surface area contributed by atoms with Crippen LogP contribution in [-0.2, 0) is 6.61 Å². The standard InChI is InChI=1S/C11H8BrN5O/c12-11-14-5-9(10-16-15-7-17(10)11)18-6-8-1-3-13-4-2-8/h1-5,7H,6H2. The highest BCUT2D eigenvalue weighted by Crippen LogP contribution is 2.20. The van der Waals surface area contributed by atoms with E-state index in [1.54, 1.807) is 29.3 Å². The minimum absolute atomic E-state index is 0.439. The lowest BCUT2D eigenvalue weighted by atomic mass is 10.3. The van der Waals surface area contributed by atoms with Gasteiger partial charge in [-0.3, -0.25) is 9.38 Å². The van der Waals surface area contributed by atoms with Crippen LogP contribution in [0, 0.1) is 0 Å². The molecule has 7 heteroatoms. The highest BCUT2D eigenvalue weighted by molar-refractivity contribution is 9.10. The Morgan fingerprint density at radius 3 is 2.94 bits per heavy atom. The maximum Gasteiger partial charge on any atom is 0.206 e. The first-order chi connectivity index (χ1) is 8.84. The number of fused-ring (bicyclic) bond motifs is 1. The molecule has 3 aromatic rings. The molecule has 0 aliphatic rings. The molecule has 0 spiro atoms. The average Bonchev–Trinajstić information content (AvgIpc) is 2.90. The van der Waals surface area contributed by atoms with E-state index < -0.39 is 0 Å². The summed E-state index contributed by atoms with van der Waals surface area (Å²) in [7, 11) is 0. The number of hydrogen-bond acceptors (Lipinski definition) is 5. The number of nitrogens with zero attached hydrogens (tertiary/aromatic N) is 5. The second kappa shape index (κ2) is 4.69. The fourth-order valence-electron chi connectivity index (χ4n) is 1.51. The predicted octanol–water partition coefficient (Wildman–Crippen LogP) is 1.86. The zero-order valence-electron chi connectivity index (χ0n) is 9.19. The summed E-state index contributed by atoms with van der Waals surface area (Å²) in [4.78, 5) is 8.11. The zero-order chi connectivity index (χ0) is 12.4. The molecule has 0 atom stereocenters. The zero-order valence-corrected chi connectivity index (χ0v) is 10.8. The predicted molar refractivity (Wildman–Crippen MR) is 67.1 cm³/mol. The van der Waals surface area contributed by atoms with Crippen molar-refractivity contribution >= 4 is 21.6 Å². The monoisotopic (exact) mass is 305 g/mol. The van der Waals surface area contributed by atoms with Crippen LogP contribution in [0.25, 0.3) is 5.65 Å². The van der Waals surface area contributed by atoms with Gasteiger partial charge in [0.2, 0.25) is 5.65 Å². The first-order valence-electron chi connectivity index (χ1n) is 5.20. The van der Waals surface area contributed by atoms with E-state index >= 15 is 0 Å². The van der Waals surface area contributed by atoms with Crippen LogP contribution in [0.1, 0.15) is 5.56 Å². The number of halogens is 1. The van der Waals surface area contributed by atoms with E-state index in [1.807, 2.05) is 12.1 Å². The summed E-state index contributed by atoms with van der Waals surface area (Å²) in [5.74, 6) is 0.590. The van der Waals surface area contributed by atoms with E-state index in [0.29, 0.717) is 22.7 Å². The molecule has 0 aromatic carbocycles. The van der Waals surface area contributed by atoms with Crippen molar-refractivity contribution in [3.05, 3.63) is 47.3 Å². The number of rotatable bonds is 3. The molecule has 18 heavy (non-hydrogen) atoms. The topological polar surface area (TPSA) is 65.2 Å². The van der Waals surface area contributed by atoms with Gasteiger partial charge in [0.15, 0.2) is 10.5 Å². The van der Waals surface area contributed by atoms with E-state index in [9.17, 15) is 0 Å². The molecule has 0 unspecified atom stereocenters. The quantitative estimate of drug-likeness (QED) is 0.691. The molecule has 0 amide bonds. The summed E-state index contributed by atoms with van der Waals surface area (Å²) >= 11 is 3.31. The fourth-order valence-corrected chi connectivity index (χ4v) is 1.87. The third kappa shape index (κ3) is 2.04. The lowest BCUT2D eigenvalue weighted by Gasteiger charge is -2.06. The lowest BCUT2D eigenvalue weighted by Crippen LogP contribution is -1.99. The first kappa shape index (κ1) is 11.1. The Kier molecular flexibility index (Phi) is 2.89. The molecule has 0 aliphatic carbocycles. The molecule has 0 saturated carbocycles. The summed E-state index contributed by atoms with van der Waals surface area (Å²) in [6.45, 7) is 0.439. The van der Waals surface area contributed by atoms with Gasteiger partial charge in [0.1, 0.15) is 12.9 Å². The Balaban J connectivity index is 1.87. The summed E-state index contributed by atoms with van der Waals surface area (Å²) in [6, 6.07) is 3.79. The Labute approximate surface area is 111 Å². The molecule has 3 rings (SSSR count). The van der Waals surface area contributed by atoms with Gasteiger partial charge in [0, 0.05) is 12.4 Å². The molecule has 0 saturated heterocycles. The normalized spacial score (nSPS) is 10.7. The molecular weight excluding hydrogens is 298 g/mol. The Hall–Kier alpha value is -2.02. The third-order valence-electron chi connectivity index (χ3n) is 2.40. The van der Waals surface area contributed by atoms with E-state index in [1.165, 1.54) is 0 Å². The van der Waals surface area contributed by atoms with E-state index in [-0.39, 0.29) is 0 Å². The van der Waals surface area contributed by atoms with Crippen LogP contribution in [0.2, 0.25) is 0 Å². The number of aromatic nitrogens is 5. The van der Waals surface area contributed by atoms with Crippen LogP contribution in [0.4, 0.5) is 0 Å². The number of ether oxygens (including phenoxy) is 1. The second-order valence-corrected chi connectivity index (χ2v) is 4.27. The Morgan fingerprint density at radius 1 is 1.28 bits per heavy atom. The van der Waals surface area contributed by atoms with Crippen LogP contribution in [0.15, 0.2) is 41.8 Å². The fraction of sp³-hybridized carbons (Fsp3) is 0.0909.